The number of benzene rings is 1. The third-order valence-electron chi connectivity index (χ3n) is 10.2. The standard InChI is InChI=1S/C32H41ClO10/c1-8-31(43-18(4)35)22(37)14-21(33)30(7)25(31)27(42-28(39)19-12-10-9-11-13-19)32(40)15-20(36)16(2)23(29(32,5)6)24(26(30)38)41-17(3)34/h9-13,20-22,24-25,27,36-37,40H,8,14-15H2,1-7H3/t20-,21?,22+,24+,25?,27-,30+,31-,32+/m0/s1. The number of aliphatic hydroxyl groups is 3. The monoisotopic (exact) mass is 620 g/mol. The second-order valence-corrected chi connectivity index (χ2v) is 13.3. The van der Waals surface area contributed by atoms with E-state index in [9.17, 15) is 34.5 Å². The van der Waals surface area contributed by atoms with Gasteiger partial charge in [0.05, 0.1) is 29.1 Å². The van der Waals surface area contributed by atoms with E-state index in [4.69, 9.17) is 25.8 Å². The third kappa shape index (κ3) is 4.90. The summed E-state index contributed by atoms with van der Waals surface area (Å²) in [6, 6.07) is 8.02. The fourth-order valence-electron chi connectivity index (χ4n) is 7.86. The molecule has 2 saturated carbocycles. The fraction of sp³-hybridized carbons (Fsp3) is 0.625. The summed E-state index contributed by atoms with van der Waals surface area (Å²) in [5, 5.41) is 34.7. The number of carbonyl (C=O) groups excluding carboxylic acids is 4. The number of aliphatic hydroxyl groups excluding tert-OH is 2. The Morgan fingerprint density at radius 2 is 1.63 bits per heavy atom. The van der Waals surface area contributed by atoms with Gasteiger partial charge in [-0.2, -0.15) is 0 Å². The second kappa shape index (κ2) is 11.3. The molecule has 0 spiro atoms. The van der Waals surface area contributed by atoms with Gasteiger partial charge in [-0.1, -0.05) is 45.9 Å². The predicted octanol–water partition coefficient (Wildman–Crippen LogP) is 3.27. The molecule has 0 aliphatic heterocycles. The van der Waals surface area contributed by atoms with Gasteiger partial charge >= 0.3 is 17.9 Å². The van der Waals surface area contributed by atoms with Crippen LogP contribution >= 0.6 is 11.6 Å². The number of hydrogen-bond acceptors (Lipinski definition) is 10. The molecule has 0 heterocycles. The molecule has 236 valence electrons. The van der Waals surface area contributed by atoms with Crippen LogP contribution in [0.5, 0.6) is 0 Å². The topological polar surface area (TPSA) is 157 Å². The maximum Gasteiger partial charge on any atom is 0.338 e. The van der Waals surface area contributed by atoms with Gasteiger partial charge in [0, 0.05) is 31.1 Å². The molecule has 0 saturated heterocycles. The second-order valence-electron chi connectivity index (χ2n) is 12.8. The Balaban J connectivity index is 2.15. The molecule has 2 bridgehead atoms. The number of carbonyl (C=O) groups is 4. The van der Waals surface area contributed by atoms with Gasteiger partial charge < -0.3 is 29.5 Å². The van der Waals surface area contributed by atoms with Crippen LogP contribution in [0.4, 0.5) is 0 Å². The first kappa shape index (κ1) is 33.1. The summed E-state index contributed by atoms with van der Waals surface area (Å²) < 4.78 is 17.8. The van der Waals surface area contributed by atoms with Crippen LogP contribution in [0.25, 0.3) is 0 Å². The Labute approximate surface area is 256 Å². The minimum absolute atomic E-state index is 0.0523. The molecule has 43 heavy (non-hydrogen) atoms. The van der Waals surface area contributed by atoms with Crippen molar-refractivity contribution in [3.05, 3.63) is 47.0 Å². The van der Waals surface area contributed by atoms with Crippen LogP contribution < -0.4 is 0 Å². The molecule has 3 aliphatic rings. The summed E-state index contributed by atoms with van der Waals surface area (Å²) in [4.78, 5) is 53.8. The molecule has 9 atom stereocenters. The van der Waals surface area contributed by atoms with Crippen molar-refractivity contribution in [1.82, 2.24) is 0 Å². The van der Waals surface area contributed by atoms with Crippen molar-refractivity contribution in [2.24, 2.45) is 16.7 Å². The number of esters is 3. The van der Waals surface area contributed by atoms with Gasteiger partial charge in [-0.15, -0.1) is 11.6 Å². The maximum atomic E-state index is 14.9. The number of ketones is 1. The third-order valence-corrected chi connectivity index (χ3v) is 10.9. The lowest BCUT2D eigenvalue weighted by molar-refractivity contribution is -0.268. The van der Waals surface area contributed by atoms with E-state index >= 15 is 0 Å². The molecule has 11 heteroatoms. The van der Waals surface area contributed by atoms with Crippen molar-refractivity contribution in [2.75, 3.05) is 0 Å². The highest BCUT2D eigenvalue weighted by atomic mass is 35.5. The summed E-state index contributed by atoms with van der Waals surface area (Å²) >= 11 is 6.98. The highest BCUT2D eigenvalue weighted by Gasteiger charge is 2.75. The Kier molecular flexibility index (Phi) is 8.69. The van der Waals surface area contributed by atoms with Gasteiger partial charge in [0.25, 0.3) is 0 Å². The number of hydrogen-bond donors (Lipinski definition) is 3. The van der Waals surface area contributed by atoms with Crippen molar-refractivity contribution < 1.29 is 48.7 Å². The van der Waals surface area contributed by atoms with E-state index in [1.165, 1.54) is 19.1 Å². The molecule has 4 rings (SSSR count). The molecule has 2 fully saturated rings. The molecule has 2 unspecified atom stereocenters. The van der Waals surface area contributed by atoms with Crippen molar-refractivity contribution in [2.45, 2.75) is 109 Å². The molecule has 1 aromatic carbocycles. The number of ether oxygens (including phenoxy) is 3. The smallest absolute Gasteiger partial charge is 0.338 e. The quantitative estimate of drug-likeness (QED) is 0.193. The van der Waals surface area contributed by atoms with E-state index in [-0.39, 0.29) is 30.4 Å². The lowest BCUT2D eigenvalue weighted by Crippen LogP contribution is -2.77. The van der Waals surface area contributed by atoms with Crippen LogP contribution in [0.3, 0.4) is 0 Å². The number of alkyl halides is 1. The Hall–Kier alpha value is -2.79. The van der Waals surface area contributed by atoms with Crippen molar-refractivity contribution in [3.63, 3.8) is 0 Å². The number of Topliss-reactive ketones (excluding diaryl/α,β-unsaturated/α-hetero) is 1. The Bertz CT molecular complexity index is 1340. The zero-order valence-corrected chi connectivity index (χ0v) is 26.3. The van der Waals surface area contributed by atoms with Gasteiger partial charge in [0.2, 0.25) is 0 Å². The average molecular weight is 621 g/mol. The highest BCUT2D eigenvalue weighted by Crippen LogP contribution is 2.63. The molecular formula is C32H41ClO10. The number of fused-ring (bicyclic) bond motifs is 3. The van der Waals surface area contributed by atoms with E-state index in [2.05, 4.69) is 0 Å². The van der Waals surface area contributed by atoms with E-state index < -0.39 is 81.4 Å². The largest absolute Gasteiger partial charge is 0.456 e. The van der Waals surface area contributed by atoms with E-state index in [1.54, 1.807) is 45.9 Å². The number of halogens is 1. The zero-order chi connectivity index (χ0) is 32.3. The fourth-order valence-corrected chi connectivity index (χ4v) is 8.27. The van der Waals surface area contributed by atoms with Crippen molar-refractivity contribution in [3.8, 4) is 0 Å². The normalized spacial score (nSPS) is 38.7. The van der Waals surface area contributed by atoms with E-state index in [1.807, 2.05) is 0 Å². The molecule has 3 aliphatic carbocycles. The minimum atomic E-state index is -2.15. The van der Waals surface area contributed by atoms with Gasteiger partial charge in [0.15, 0.2) is 11.9 Å². The number of rotatable bonds is 5. The predicted molar refractivity (Wildman–Crippen MR) is 155 cm³/mol. The van der Waals surface area contributed by atoms with Crippen molar-refractivity contribution >= 4 is 35.3 Å². The molecule has 3 N–H and O–H groups in total. The van der Waals surface area contributed by atoms with Crippen LogP contribution in [-0.4, -0.2) is 80.0 Å². The first-order chi connectivity index (χ1) is 19.9. The highest BCUT2D eigenvalue weighted by molar-refractivity contribution is 6.23. The summed E-state index contributed by atoms with van der Waals surface area (Å²) in [7, 11) is 0. The lowest BCUT2D eigenvalue weighted by Gasteiger charge is -2.64. The average Bonchev–Trinajstić information content (AvgIpc) is 2.92. The van der Waals surface area contributed by atoms with Crippen LogP contribution in [0.1, 0.15) is 78.1 Å². The van der Waals surface area contributed by atoms with Gasteiger partial charge in [-0.3, -0.25) is 14.4 Å². The first-order valence-corrected chi connectivity index (χ1v) is 14.9. The van der Waals surface area contributed by atoms with Gasteiger partial charge in [-0.05, 0) is 43.0 Å². The van der Waals surface area contributed by atoms with Gasteiger partial charge in [0.1, 0.15) is 17.3 Å². The van der Waals surface area contributed by atoms with Crippen LogP contribution in [0, 0.1) is 16.7 Å². The van der Waals surface area contributed by atoms with Crippen molar-refractivity contribution in [1.29, 1.82) is 0 Å². The van der Waals surface area contributed by atoms with E-state index in [0.717, 1.165) is 13.8 Å². The summed E-state index contributed by atoms with van der Waals surface area (Å²) in [5.41, 5.74) is -6.65. The summed E-state index contributed by atoms with van der Waals surface area (Å²) in [6.45, 7) is 10.3. The minimum Gasteiger partial charge on any atom is -0.456 e. The Morgan fingerprint density at radius 3 is 2.16 bits per heavy atom. The first-order valence-electron chi connectivity index (χ1n) is 14.5. The summed E-state index contributed by atoms with van der Waals surface area (Å²) in [5.74, 6) is -4.54. The maximum absolute atomic E-state index is 14.9. The summed E-state index contributed by atoms with van der Waals surface area (Å²) in [6.07, 6.45) is -6.61. The molecule has 0 aromatic heterocycles. The lowest BCUT2D eigenvalue weighted by atomic mass is 9.45. The SMILES string of the molecule is CC[C@@]1(OC(C)=O)C2[C@H](OC(=O)c3ccccc3)[C@]3(O)C[C@H](O)C(C)=C([C@@H](OC(C)=O)C(=O)[C@]2(C)C(Cl)C[C@H]1O)C3(C)C. The molecule has 10 nitrogen and oxygen atoms in total. The molecular weight excluding hydrogens is 580 g/mol. The van der Waals surface area contributed by atoms with Crippen LogP contribution in [0.2, 0.25) is 0 Å². The van der Waals surface area contributed by atoms with Crippen LogP contribution in [-0.2, 0) is 28.6 Å². The van der Waals surface area contributed by atoms with Crippen LogP contribution in [0.15, 0.2) is 41.5 Å². The van der Waals surface area contributed by atoms with Gasteiger partial charge in [-0.25, -0.2) is 4.79 Å². The molecule has 0 radical (unpaired) electrons. The Morgan fingerprint density at radius 1 is 1.02 bits per heavy atom. The van der Waals surface area contributed by atoms with E-state index in [0.29, 0.717) is 5.57 Å². The zero-order valence-electron chi connectivity index (χ0n) is 25.5. The molecule has 0 amide bonds. The molecule has 1 aromatic rings.